The standard InChI is InChI=1S/C39H73NO8/c1-3-5-7-9-11-13-15-16-17-18-19-21-23-25-27-29-35(43)40-32(31-47-39-38(46)37(45)36(44)34(30-41)48-39)33(42)28-26-24-22-20-14-12-10-8-6-4-2/h11,13,16-17,32-34,36-39,41-42,44-46H,3-10,12,14-15,18-31H2,1-2H3,(H,40,43)/b13-11-,17-16-. The van der Waals surface area contributed by atoms with Gasteiger partial charge in [0.1, 0.15) is 24.4 Å². The van der Waals surface area contributed by atoms with Gasteiger partial charge in [-0.2, -0.15) is 0 Å². The van der Waals surface area contributed by atoms with Crippen LogP contribution in [0.2, 0.25) is 0 Å². The largest absolute Gasteiger partial charge is 0.394 e. The molecular formula is C39H73NO8. The van der Waals surface area contributed by atoms with E-state index in [9.17, 15) is 30.3 Å². The van der Waals surface area contributed by atoms with Crippen molar-refractivity contribution < 1.29 is 39.8 Å². The van der Waals surface area contributed by atoms with Gasteiger partial charge in [0.2, 0.25) is 5.91 Å². The first-order valence-electron chi connectivity index (χ1n) is 19.5. The van der Waals surface area contributed by atoms with Crippen molar-refractivity contribution in [3.8, 4) is 0 Å². The lowest BCUT2D eigenvalue weighted by atomic mass is 9.99. The van der Waals surface area contributed by atoms with Gasteiger partial charge in [-0.1, -0.05) is 134 Å². The van der Waals surface area contributed by atoms with Crippen molar-refractivity contribution in [3.63, 3.8) is 0 Å². The molecule has 1 saturated heterocycles. The third-order valence-corrected chi connectivity index (χ3v) is 9.31. The molecule has 282 valence electrons. The lowest BCUT2D eigenvalue weighted by Crippen LogP contribution is -2.60. The van der Waals surface area contributed by atoms with Crippen molar-refractivity contribution in [3.05, 3.63) is 24.3 Å². The Labute approximate surface area is 292 Å². The zero-order valence-electron chi connectivity index (χ0n) is 30.5. The molecule has 1 fully saturated rings. The van der Waals surface area contributed by atoms with Crippen molar-refractivity contribution in [2.45, 2.75) is 204 Å². The normalized spacial score (nSPS) is 22.9. The Morgan fingerprint density at radius 1 is 0.708 bits per heavy atom. The molecule has 9 nitrogen and oxygen atoms in total. The average molecular weight is 684 g/mol. The summed E-state index contributed by atoms with van der Waals surface area (Å²) in [5, 5.41) is 54.0. The third-order valence-electron chi connectivity index (χ3n) is 9.31. The predicted octanol–water partition coefficient (Wildman–Crippen LogP) is 6.77. The molecule has 48 heavy (non-hydrogen) atoms. The molecule has 0 aromatic carbocycles. The molecule has 0 spiro atoms. The Morgan fingerprint density at radius 3 is 1.83 bits per heavy atom. The predicted molar refractivity (Wildman–Crippen MR) is 193 cm³/mol. The first kappa shape index (κ1) is 44.7. The van der Waals surface area contributed by atoms with E-state index in [1.165, 1.54) is 70.6 Å². The van der Waals surface area contributed by atoms with E-state index in [0.29, 0.717) is 12.8 Å². The molecule has 0 radical (unpaired) electrons. The summed E-state index contributed by atoms with van der Waals surface area (Å²) >= 11 is 0. The monoisotopic (exact) mass is 684 g/mol. The van der Waals surface area contributed by atoms with Crippen molar-refractivity contribution in [1.29, 1.82) is 0 Å². The van der Waals surface area contributed by atoms with Gasteiger partial charge in [0.05, 0.1) is 25.4 Å². The fourth-order valence-corrected chi connectivity index (χ4v) is 6.07. The van der Waals surface area contributed by atoms with Crippen LogP contribution in [0.5, 0.6) is 0 Å². The quantitative estimate of drug-likeness (QED) is 0.0346. The molecule has 0 aliphatic carbocycles. The van der Waals surface area contributed by atoms with Crippen LogP contribution in [0, 0.1) is 0 Å². The lowest BCUT2D eigenvalue weighted by molar-refractivity contribution is -0.302. The minimum Gasteiger partial charge on any atom is -0.394 e. The van der Waals surface area contributed by atoms with E-state index in [1.54, 1.807) is 0 Å². The number of aliphatic hydroxyl groups is 5. The highest BCUT2D eigenvalue weighted by molar-refractivity contribution is 5.76. The molecule has 0 aromatic rings. The summed E-state index contributed by atoms with van der Waals surface area (Å²) < 4.78 is 11.2. The minimum absolute atomic E-state index is 0.143. The molecule has 7 unspecified atom stereocenters. The maximum Gasteiger partial charge on any atom is 0.220 e. The number of allylic oxidation sites excluding steroid dienone is 4. The average Bonchev–Trinajstić information content (AvgIpc) is 3.08. The summed E-state index contributed by atoms with van der Waals surface area (Å²) in [6.07, 6.45) is 26.1. The lowest BCUT2D eigenvalue weighted by Gasteiger charge is -2.40. The van der Waals surface area contributed by atoms with Crippen molar-refractivity contribution in [1.82, 2.24) is 5.32 Å². The second-order valence-corrected chi connectivity index (χ2v) is 13.7. The number of aliphatic hydroxyl groups excluding tert-OH is 5. The summed E-state index contributed by atoms with van der Waals surface area (Å²) in [7, 11) is 0. The number of ether oxygens (including phenoxy) is 2. The molecule has 7 atom stereocenters. The highest BCUT2D eigenvalue weighted by atomic mass is 16.7. The van der Waals surface area contributed by atoms with Crippen LogP contribution in [0.4, 0.5) is 0 Å². The number of nitrogens with one attached hydrogen (secondary N) is 1. The number of hydrogen-bond donors (Lipinski definition) is 6. The van der Waals surface area contributed by atoms with Crippen LogP contribution in [0.1, 0.15) is 162 Å². The van der Waals surface area contributed by atoms with Gasteiger partial charge >= 0.3 is 0 Å². The number of rotatable bonds is 31. The summed E-state index contributed by atoms with van der Waals surface area (Å²) in [5.41, 5.74) is 0. The summed E-state index contributed by atoms with van der Waals surface area (Å²) in [6, 6.07) is -0.721. The zero-order valence-corrected chi connectivity index (χ0v) is 30.5. The number of carbonyl (C=O) groups is 1. The molecule has 1 amide bonds. The van der Waals surface area contributed by atoms with Gasteiger partial charge < -0.3 is 40.3 Å². The summed E-state index contributed by atoms with van der Waals surface area (Å²) in [5.74, 6) is -0.162. The van der Waals surface area contributed by atoms with Crippen LogP contribution in [-0.2, 0) is 14.3 Å². The van der Waals surface area contributed by atoms with Crippen LogP contribution in [0.3, 0.4) is 0 Å². The first-order chi connectivity index (χ1) is 23.3. The van der Waals surface area contributed by atoms with E-state index in [1.807, 2.05) is 0 Å². The maximum absolute atomic E-state index is 12.9. The molecule has 1 aliphatic heterocycles. The van der Waals surface area contributed by atoms with Crippen LogP contribution in [0.15, 0.2) is 24.3 Å². The fraction of sp³-hybridized carbons (Fsp3) is 0.872. The zero-order chi connectivity index (χ0) is 35.2. The molecule has 6 N–H and O–H groups in total. The maximum atomic E-state index is 12.9. The second kappa shape index (κ2) is 30.5. The van der Waals surface area contributed by atoms with Crippen LogP contribution in [-0.4, -0.2) is 87.5 Å². The van der Waals surface area contributed by atoms with E-state index in [0.717, 1.165) is 64.2 Å². The highest BCUT2D eigenvalue weighted by Gasteiger charge is 2.44. The summed E-state index contributed by atoms with van der Waals surface area (Å²) in [4.78, 5) is 12.9. The molecule has 0 aromatic heterocycles. The van der Waals surface area contributed by atoms with E-state index < -0.39 is 49.5 Å². The van der Waals surface area contributed by atoms with Gasteiger partial charge in [0.25, 0.3) is 0 Å². The van der Waals surface area contributed by atoms with E-state index in [-0.39, 0.29) is 12.5 Å². The molecule has 1 aliphatic rings. The SMILES string of the molecule is CCCCC/C=C\C/C=C\CCCCCCCC(=O)NC(COC1OC(CO)C(O)C(O)C1O)C(O)CCCCCCCCCCCC. The van der Waals surface area contributed by atoms with Gasteiger partial charge in [-0.15, -0.1) is 0 Å². The molecule has 1 rings (SSSR count). The minimum atomic E-state index is -1.55. The fourth-order valence-electron chi connectivity index (χ4n) is 6.07. The van der Waals surface area contributed by atoms with Gasteiger partial charge in [-0.3, -0.25) is 4.79 Å². The number of unbranched alkanes of at least 4 members (excludes halogenated alkanes) is 17. The Morgan fingerprint density at radius 2 is 1.23 bits per heavy atom. The van der Waals surface area contributed by atoms with E-state index >= 15 is 0 Å². The number of hydrogen-bond acceptors (Lipinski definition) is 8. The Kier molecular flexibility index (Phi) is 28.4. The van der Waals surface area contributed by atoms with Crippen molar-refractivity contribution in [2.75, 3.05) is 13.2 Å². The van der Waals surface area contributed by atoms with E-state index in [2.05, 4.69) is 43.5 Å². The first-order valence-corrected chi connectivity index (χ1v) is 19.5. The second-order valence-electron chi connectivity index (χ2n) is 13.7. The number of carbonyl (C=O) groups excluding carboxylic acids is 1. The molecule has 0 bridgehead atoms. The Balaban J connectivity index is 2.42. The van der Waals surface area contributed by atoms with Gasteiger partial charge in [0.15, 0.2) is 6.29 Å². The van der Waals surface area contributed by atoms with Gasteiger partial charge in [0, 0.05) is 6.42 Å². The molecule has 9 heteroatoms. The van der Waals surface area contributed by atoms with Crippen LogP contribution in [0.25, 0.3) is 0 Å². The van der Waals surface area contributed by atoms with Crippen LogP contribution >= 0.6 is 0 Å². The van der Waals surface area contributed by atoms with Crippen molar-refractivity contribution in [2.24, 2.45) is 0 Å². The Hall–Kier alpha value is -1.33. The van der Waals surface area contributed by atoms with E-state index in [4.69, 9.17) is 9.47 Å². The van der Waals surface area contributed by atoms with Crippen LogP contribution < -0.4 is 5.32 Å². The Bertz CT molecular complexity index is 807. The number of amides is 1. The highest BCUT2D eigenvalue weighted by Crippen LogP contribution is 2.23. The van der Waals surface area contributed by atoms with Gasteiger partial charge in [-0.05, 0) is 44.9 Å². The topological polar surface area (TPSA) is 149 Å². The van der Waals surface area contributed by atoms with Crippen molar-refractivity contribution >= 4 is 5.91 Å². The smallest absolute Gasteiger partial charge is 0.220 e. The summed E-state index contributed by atoms with van der Waals surface area (Å²) in [6.45, 7) is 3.75. The third kappa shape index (κ3) is 21.7. The molecular weight excluding hydrogens is 610 g/mol. The van der Waals surface area contributed by atoms with Gasteiger partial charge in [-0.25, -0.2) is 0 Å². The molecule has 0 saturated carbocycles. The molecule has 1 heterocycles.